The van der Waals surface area contributed by atoms with Gasteiger partial charge in [0.15, 0.2) is 0 Å². The van der Waals surface area contributed by atoms with Crippen molar-refractivity contribution >= 4 is 5.69 Å². The van der Waals surface area contributed by atoms with E-state index in [1.165, 1.54) is 0 Å². The highest BCUT2D eigenvalue weighted by Gasteiger charge is 2.16. The van der Waals surface area contributed by atoms with E-state index in [9.17, 15) is 9.50 Å². The van der Waals surface area contributed by atoms with Crippen LogP contribution in [0.25, 0.3) is 0 Å². The van der Waals surface area contributed by atoms with Gasteiger partial charge >= 0.3 is 0 Å². The maximum atomic E-state index is 14.3. The van der Waals surface area contributed by atoms with E-state index in [0.717, 1.165) is 38.0 Å². The van der Waals surface area contributed by atoms with Crippen LogP contribution in [0.2, 0.25) is 0 Å². The minimum Gasteiger partial charge on any atom is -0.396 e. The summed E-state index contributed by atoms with van der Waals surface area (Å²) < 4.78 is 19.6. The number of halogens is 1. The van der Waals surface area contributed by atoms with E-state index in [4.69, 9.17) is 4.74 Å². The minimum atomic E-state index is -0.160. The number of nitrogens with zero attached hydrogens (tertiary/aromatic N) is 1. The highest BCUT2D eigenvalue weighted by atomic mass is 19.1. The van der Waals surface area contributed by atoms with E-state index in [0.29, 0.717) is 25.4 Å². The molecule has 2 rings (SSSR count). The Morgan fingerprint density at radius 2 is 2.04 bits per heavy atom. The van der Waals surface area contributed by atoms with Gasteiger partial charge in [-0.2, -0.15) is 0 Å². The second kappa shape index (κ2) is 8.62. The van der Waals surface area contributed by atoms with E-state index in [1.807, 2.05) is 17.0 Å². The lowest BCUT2D eigenvalue weighted by Crippen LogP contribution is -2.36. The molecule has 5 heteroatoms. The van der Waals surface area contributed by atoms with Gasteiger partial charge in [-0.05, 0) is 42.5 Å². The smallest absolute Gasteiger partial charge is 0.146 e. The summed E-state index contributed by atoms with van der Waals surface area (Å²) in [5, 5.41) is 12.6. The molecule has 2 N–H and O–H groups in total. The van der Waals surface area contributed by atoms with Gasteiger partial charge in [0, 0.05) is 26.2 Å². The third-order valence-electron chi connectivity index (χ3n) is 4.33. The Morgan fingerprint density at radius 3 is 2.70 bits per heavy atom. The second-order valence-electron chi connectivity index (χ2n) is 6.99. The number of anilines is 1. The van der Waals surface area contributed by atoms with Crippen LogP contribution in [0.1, 0.15) is 32.3 Å². The van der Waals surface area contributed by atoms with Gasteiger partial charge in [0.1, 0.15) is 5.82 Å². The zero-order chi connectivity index (χ0) is 16.7. The quantitative estimate of drug-likeness (QED) is 0.722. The van der Waals surface area contributed by atoms with E-state index in [1.54, 1.807) is 6.07 Å². The summed E-state index contributed by atoms with van der Waals surface area (Å²) in [5.74, 6) is -0.160. The molecular formula is C18H29FN2O2. The van der Waals surface area contributed by atoms with Gasteiger partial charge in [-0.1, -0.05) is 19.9 Å². The molecule has 0 atom stereocenters. The number of hydrogen-bond donors (Lipinski definition) is 2. The Morgan fingerprint density at radius 1 is 1.30 bits per heavy atom. The topological polar surface area (TPSA) is 44.7 Å². The molecule has 1 heterocycles. The van der Waals surface area contributed by atoms with Gasteiger partial charge in [0.25, 0.3) is 0 Å². The van der Waals surface area contributed by atoms with Crippen molar-refractivity contribution in [1.82, 2.24) is 5.32 Å². The van der Waals surface area contributed by atoms with Crippen molar-refractivity contribution in [2.24, 2.45) is 5.41 Å². The van der Waals surface area contributed by atoms with Crippen LogP contribution in [0.3, 0.4) is 0 Å². The zero-order valence-electron chi connectivity index (χ0n) is 14.3. The first-order valence-corrected chi connectivity index (χ1v) is 8.44. The van der Waals surface area contributed by atoms with Gasteiger partial charge in [-0.3, -0.25) is 0 Å². The Balaban J connectivity index is 1.77. The van der Waals surface area contributed by atoms with Crippen LogP contribution in [0.15, 0.2) is 18.2 Å². The van der Waals surface area contributed by atoms with Crippen molar-refractivity contribution in [3.8, 4) is 0 Å². The molecule has 130 valence electrons. The number of benzene rings is 1. The summed E-state index contributed by atoms with van der Waals surface area (Å²) in [4.78, 5) is 2.03. The molecule has 1 aromatic carbocycles. The lowest BCUT2D eigenvalue weighted by atomic mass is 9.89. The van der Waals surface area contributed by atoms with Crippen molar-refractivity contribution in [2.75, 3.05) is 44.4 Å². The summed E-state index contributed by atoms with van der Waals surface area (Å²) in [7, 11) is 0. The predicted octanol–water partition coefficient (Wildman–Crippen LogP) is 2.55. The average molecular weight is 324 g/mol. The molecule has 0 aliphatic carbocycles. The normalized spacial score (nSPS) is 15.9. The van der Waals surface area contributed by atoms with Crippen molar-refractivity contribution in [1.29, 1.82) is 0 Å². The van der Waals surface area contributed by atoms with Gasteiger partial charge in [0.05, 0.1) is 18.9 Å². The molecule has 23 heavy (non-hydrogen) atoms. The van der Waals surface area contributed by atoms with Crippen molar-refractivity contribution < 1.29 is 14.2 Å². The predicted molar refractivity (Wildman–Crippen MR) is 91.2 cm³/mol. The van der Waals surface area contributed by atoms with Crippen LogP contribution < -0.4 is 10.2 Å². The lowest BCUT2D eigenvalue weighted by molar-refractivity contribution is 0.122. The van der Waals surface area contributed by atoms with E-state index < -0.39 is 0 Å². The van der Waals surface area contributed by atoms with Gasteiger partial charge in [-0.15, -0.1) is 0 Å². The fraction of sp³-hybridized carbons (Fsp3) is 0.667. The number of aliphatic hydroxyl groups excluding tert-OH is 1. The molecule has 1 fully saturated rings. The van der Waals surface area contributed by atoms with Gasteiger partial charge in [-0.25, -0.2) is 4.39 Å². The molecule has 0 aromatic heterocycles. The number of morpholine rings is 1. The van der Waals surface area contributed by atoms with E-state index in [2.05, 4.69) is 19.2 Å². The highest BCUT2D eigenvalue weighted by Crippen LogP contribution is 2.22. The molecule has 0 radical (unpaired) electrons. The van der Waals surface area contributed by atoms with Crippen molar-refractivity contribution in [3.05, 3.63) is 29.6 Å². The maximum Gasteiger partial charge on any atom is 0.146 e. The average Bonchev–Trinajstić information content (AvgIpc) is 2.55. The Labute approximate surface area is 138 Å². The molecule has 1 aromatic rings. The van der Waals surface area contributed by atoms with Crippen LogP contribution >= 0.6 is 0 Å². The van der Waals surface area contributed by atoms with Gasteiger partial charge < -0.3 is 20.1 Å². The Hall–Kier alpha value is -1.17. The van der Waals surface area contributed by atoms with E-state index in [-0.39, 0.29) is 17.8 Å². The first-order valence-electron chi connectivity index (χ1n) is 8.44. The number of aliphatic hydroxyl groups is 1. The maximum absolute atomic E-state index is 14.3. The number of nitrogens with one attached hydrogen (secondary N) is 1. The van der Waals surface area contributed by atoms with Crippen LogP contribution in [-0.2, 0) is 11.3 Å². The SMILES string of the molecule is CC(C)(CO)CCCNCc1ccc(N2CCOCC2)c(F)c1. The fourth-order valence-electron chi connectivity index (χ4n) is 2.72. The lowest BCUT2D eigenvalue weighted by Gasteiger charge is -2.29. The summed E-state index contributed by atoms with van der Waals surface area (Å²) in [6, 6.07) is 5.47. The summed E-state index contributed by atoms with van der Waals surface area (Å²) in [6.45, 7) is 8.68. The van der Waals surface area contributed by atoms with Crippen LogP contribution in [0.4, 0.5) is 10.1 Å². The molecule has 1 aliphatic rings. The Kier molecular flexibility index (Phi) is 6.81. The minimum absolute atomic E-state index is 0.0202. The van der Waals surface area contributed by atoms with Crippen LogP contribution in [0, 0.1) is 11.2 Å². The third-order valence-corrected chi connectivity index (χ3v) is 4.33. The van der Waals surface area contributed by atoms with Crippen LogP contribution in [0.5, 0.6) is 0 Å². The molecule has 0 spiro atoms. The fourth-order valence-corrected chi connectivity index (χ4v) is 2.72. The van der Waals surface area contributed by atoms with Crippen LogP contribution in [-0.4, -0.2) is 44.6 Å². The number of ether oxygens (including phenoxy) is 1. The molecular weight excluding hydrogens is 295 g/mol. The number of hydrogen-bond acceptors (Lipinski definition) is 4. The largest absolute Gasteiger partial charge is 0.396 e. The molecule has 1 aliphatic heterocycles. The van der Waals surface area contributed by atoms with Crippen molar-refractivity contribution in [3.63, 3.8) is 0 Å². The monoisotopic (exact) mass is 324 g/mol. The van der Waals surface area contributed by atoms with E-state index >= 15 is 0 Å². The summed E-state index contributed by atoms with van der Waals surface area (Å²) in [5.41, 5.74) is 1.61. The third kappa shape index (κ3) is 5.75. The van der Waals surface area contributed by atoms with Gasteiger partial charge in [0.2, 0.25) is 0 Å². The van der Waals surface area contributed by atoms with Crippen molar-refractivity contribution in [2.45, 2.75) is 33.2 Å². The first-order chi connectivity index (χ1) is 11.0. The molecule has 0 amide bonds. The molecule has 1 saturated heterocycles. The first kappa shape index (κ1) is 18.2. The highest BCUT2D eigenvalue weighted by molar-refractivity contribution is 5.49. The summed E-state index contributed by atoms with van der Waals surface area (Å²) in [6.07, 6.45) is 1.97. The molecule has 0 saturated carbocycles. The molecule has 0 bridgehead atoms. The molecule has 4 nitrogen and oxygen atoms in total. The standard InChI is InChI=1S/C18H29FN2O2/c1-18(2,14-22)6-3-7-20-13-15-4-5-17(16(19)12-15)21-8-10-23-11-9-21/h4-5,12,20,22H,3,6-11,13-14H2,1-2H3. The number of rotatable bonds is 8. The summed E-state index contributed by atoms with van der Waals surface area (Å²) >= 11 is 0. The Bertz CT molecular complexity index is 488. The zero-order valence-corrected chi connectivity index (χ0v) is 14.3. The second-order valence-corrected chi connectivity index (χ2v) is 6.99. The molecule has 0 unspecified atom stereocenters.